The molecular formula is C16H26N2O. The van der Waals surface area contributed by atoms with Gasteiger partial charge >= 0.3 is 0 Å². The van der Waals surface area contributed by atoms with Crippen LogP contribution in [-0.4, -0.2) is 28.1 Å². The number of hydrogen-bond donors (Lipinski definition) is 1. The fraction of sp³-hybridized carbons (Fsp3) is 0.688. The molecule has 19 heavy (non-hydrogen) atoms. The molecule has 0 saturated carbocycles. The lowest BCUT2D eigenvalue weighted by Gasteiger charge is -2.29. The SMILES string of the molecule is CC(C)(C)C1CCCN(Cc2ccc(O)cn2)CC1. The number of likely N-dealkylation sites (tertiary alicyclic amines) is 1. The molecule has 3 nitrogen and oxygen atoms in total. The molecule has 1 unspecified atom stereocenters. The van der Waals surface area contributed by atoms with Crippen LogP contribution in [0.2, 0.25) is 0 Å². The summed E-state index contributed by atoms with van der Waals surface area (Å²) in [6, 6.07) is 3.64. The Hall–Kier alpha value is -1.09. The highest BCUT2D eigenvalue weighted by Crippen LogP contribution is 2.34. The summed E-state index contributed by atoms with van der Waals surface area (Å²) < 4.78 is 0. The summed E-state index contributed by atoms with van der Waals surface area (Å²) in [6.45, 7) is 10.3. The lowest BCUT2D eigenvalue weighted by molar-refractivity contribution is 0.206. The molecule has 0 aromatic carbocycles. The molecule has 0 spiro atoms. The van der Waals surface area contributed by atoms with Gasteiger partial charge in [-0.15, -0.1) is 0 Å². The second kappa shape index (κ2) is 5.91. The molecule has 1 aromatic rings. The van der Waals surface area contributed by atoms with E-state index in [0.717, 1.165) is 31.2 Å². The molecule has 1 atom stereocenters. The summed E-state index contributed by atoms with van der Waals surface area (Å²) in [5.74, 6) is 1.07. The van der Waals surface area contributed by atoms with E-state index < -0.39 is 0 Å². The van der Waals surface area contributed by atoms with Crippen LogP contribution in [0.4, 0.5) is 0 Å². The Bertz CT molecular complexity index is 394. The van der Waals surface area contributed by atoms with Crippen LogP contribution in [0.3, 0.4) is 0 Å². The van der Waals surface area contributed by atoms with Crippen molar-refractivity contribution in [3.63, 3.8) is 0 Å². The van der Waals surface area contributed by atoms with E-state index in [4.69, 9.17) is 0 Å². The van der Waals surface area contributed by atoms with Crippen molar-refractivity contribution in [2.75, 3.05) is 13.1 Å². The van der Waals surface area contributed by atoms with E-state index in [2.05, 4.69) is 30.7 Å². The average molecular weight is 262 g/mol. The quantitative estimate of drug-likeness (QED) is 0.887. The van der Waals surface area contributed by atoms with E-state index in [1.165, 1.54) is 25.5 Å². The van der Waals surface area contributed by atoms with Gasteiger partial charge in [-0.05, 0) is 55.8 Å². The van der Waals surface area contributed by atoms with E-state index in [1.807, 2.05) is 6.07 Å². The Morgan fingerprint density at radius 1 is 1.26 bits per heavy atom. The second-order valence-electron chi connectivity index (χ2n) is 6.78. The summed E-state index contributed by atoms with van der Waals surface area (Å²) in [6.07, 6.45) is 5.43. The zero-order chi connectivity index (χ0) is 13.9. The Kier molecular flexibility index (Phi) is 4.46. The van der Waals surface area contributed by atoms with Crippen LogP contribution >= 0.6 is 0 Å². The van der Waals surface area contributed by atoms with Crippen LogP contribution in [0.5, 0.6) is 5.75 Å². The number of pyridine rings is 1. The van der Waals surface area contributed by atoms with Crippen molar-refractivity contribution >= 4 is 0 Å². The average Bonchev–Trinajstić information content (AvgIpc) is 2.57. The zero-order valence-electron chi connectivity index (χ0n) is 12.4. The lowest BCUT2D eigenvalue weighted by Crippen LogP contribution is -2.26. The Morgan fingerprint density at radius 2 is 2.05 bits per heavy atom. The second-order valence-corrected chi connectivity index (χ2v) is 6.78. The standard InChI is InChI=1S/C16H26N2O/c1-16(2,3)13-5-4-9-18(10-8-13)12-14-6-7-15(19)11-17-14/h6-7,11,13,19H,4-5,8-10,12H2,1-3H3. The highest BCUT2D eigenvalue weighted by atomic mass is 16.3. The number of aromatic hydroxyl groups is 1. The van der Waals surface area contributed by atoms with E-state index in [9.17, 15) is 5.11 Å². The smallest absolute Gasteiger partial charge is 0.133 e. The highest BCUT2D eigenvalue weighted by molar-refractivity contribution is 5.17. The van der Waals surface area contributed by atoms with Crippen molar-refractivity contribution in [3.8, 4) is 5.75 Å². The van der Waals surface area contributed by atoms with E-state index in [-0.39, 0.29) is 5.75 Å². The third kappa shape index (κ3) is 4.20. The van der Waals surface area contributed by atoms with E-state index in [1.54, 1.807) is 6.07 Å². The Morgan fingerprint density at radius 3 is 2.68 bits per heavy atom. The molecule has 0 bridgehead atoms. The zero-order valence-corrected chi connectivity index (χ0v) is 12.4. The first-order valence-corrected chi connectivity index (χ1v) is 7.31. The maximum atomic E-state index is 9.26. The maximum absolute atomic E-state index is 9.26. The Labute approximate surface area is 116 Å². The predicted molar refractivity (Wildman–Crippen MR) is 78.0 cm³/mol. The largest absolute Gasteiger partial charge is 0.506 e. The van der Waals surface area contributed by atoms with Crippen molar-refractivity contribution in [2.45, 2.75) is 46.6 Å². The van der Waals surface area contributed by atoms with E-state index >= 15 is 0 Å². The van der Waals surface area contributed by atoms with Gasteiger partial charge in [-0.2, -0.15) is 0 Å². The first kappa shape index (κ1) is 14.3. The molecule has 0 radical (unpaired) electrons. The Balaban J connectivity index is 1.91. The maximum Gasteiger partial charge on any atom is 0.133 e. The topological polar surface area (TPSA) is 36.4 Å². The van der Waals surface area contributed by atoms with Gasteiger partial charge in [0.1, 0.15) is 5.75 Å². The minimum Gasteiger partial charge on any atom is -0.506 e. The normalized spacial score (nSPS) is 22.2. The molecule has 3 heteroatoms. The summed E-state index contributed by atoms with van der Waals surface area (Å²) in [7, 11) is 0. The van der Waals surface area contributed by atoms with Gasteiger partial charge in [-0.25, -0.2) is 0 Å². The predicted octanol–water partition coefficient (Wildman–Crippen LogP) is 3.44. The van der Waals surface area contributed by atoms with Crippen LogP contribution in [0.15, 0.2) is 18.3 Å². The molecule has 0 aliphatic carbocycles. The van der Waals surface area contributed by atoms with Crippen LogP contribution < -0.4 is 0 Å². The van der Waals surface area contributed by atoms with Gasteiger partial charge in [-0.3, -0.25) is 9.88 Å². The molecule has 1 N–H and O–H groups in total. The minimum atomic E-state index is 0.243. The molecule has 1 aliphatic rings. The van der Waals surface area contributed by atoms with E-state index in [0.29, 0.717) is 5.41 Å². The van der Waals surface area contributed by atoms with Gasteiger partial charge in [0, 0.05) is 6.54 Å². The molecular weight excluding hydrogens is 236 g/mol. The van der Waals surface area contributed by atoms with Crippen molar-refractivity contribution < 1.29 is 5.11 Å². The number of rotatable bonds is 2. The monoisotopic (exact) mass is 262 g/mol. The van der Waals surface area contributed by atoms with Crippen molar-refractivity contribution in [1.29, 1.82) is 0 Å². The fourth-order valence-electron chi connectivity index (χ4n) is 2.92. The fourth-order valence-corrected chi connectivity index (χ4v) is 2.92. The first-order chi connectivity index (χ1) is 8.95. The molecule has 1 fully saturated rings. The van der Waals surface area contributed by atoms with Gasteiger partial charge in [0.25, 0.3) is 0 Å². The lowest BCUT2D eigenvalue weighted by atomic mass is 9.77. The summed E-state index contributed by atoms with van der Waals surface area (Å²) >= 11 is 0. The summed E-state index contributed by atoms with van der Waals surface area (Å²) in [5.41, 5.74) is 1.47. The third-order valence-electron chi connectivity index (χ3n) is 4.24. The molecule has 1 saturated heterocycles. The molecule has 106 valence electrons. The first-order valence-electron chi connectivity index (χ1n) is 7.31. The van der Waals surface area contributed by atoms with Crippen LogP contribution in [-0.2, 0) is 6.54 Å². The highest BCUT2D eigenvalue weighted by Gasteiger charge is 2.26. The van der Waals surface area contributed by atoms with Crippen molar-refractivity contribution in [3.05, 3.63) is 24.0 Å². The van der Waals surface area contributed by atoms with Gasteiger partial charge in [0.2, 0.25) is 0 Å². The van der Waals surface area contributed by atoms with Crippen LogP contribution in [0.1, 0.15) is 45.7 Å². The summed E-state index contributed by atoms with van der Waals surface area (Å²) in [4.78, 5) is 6.77. The van der Waals surface area contributed by atoms with Gasteiger partial charge in [-0.1, -0.05) is 20.8 Å². The molecule has 1 aliphatic heterocycles. The molecule has 1 aromatic heterocycles. The van der Waals surface area contributed by atoms with Gasteiger partial charge in [0.05, 0.1) is 11.9 Å². The van der Waals surface area contributed by atoms with Gasteiger partial charge in [0.15, 0.2) is 0 Å². The van der Waals surface area contributed by atoms with Crippen LogP contribution in [0, 0.1) is 11.3 Å². The van der Waals surface area contributed by atoms with Crippen molar-refractivity contribution in [2.24, 2.45) is 11.3 Å². The van der Waals surface area contributed by atoms with Crippen molar-refractivity contribution in [1.82, 2.24) is 9.88 Å². The number of aromatic nitrogens is 1. The molecule has 2 rings (SSSR count). The third-order valence-corrected chi connectivity index (χ3v) is 4.24. The van der Waals surface area contributed by atoms with Crippen LogP contribution in [0.25, 0.3) is 0 Å². The number of hydrogen-bond acceptors (Lipinski definition) is 3. The minimum absolute atomic E-state index is 0.243. The summed E-state index contributed by atoms with van der Waals surface area (Å²) in [5, 5.41) is 9.26. The molecule has 0 amide bonds. The molecule has 2 heterocycles. The van der Waals surface area contributed by atoms with Gasteiger partial charge < -0.3 is 5.11 Å². The number of nitrogens with zero attached hydrogens (tertiary/aromatic N) is 2.